The largest absolute Gasteiger partial charge is 0.494 e. The second kappa shape index (κ2) is 6.91. The van der Waals surface area contributed by atoms with Crippen LogP contribution in [0.3, 0.4) is 0 Å². The molecule has 0 radical (unpaired) electrons. The van der Waals surface area contributed by atoms with E-state index in [-0.39, 0.29) is 16.8 Å². The number of halogens is 1. The van der Waals surface area contributed by atoms with Crippen molar-refractivity contribution < 1.29 is 9.53 Å². The number of carbonyl (C=O) groups excluding carboxylic acids is 1. The highest BCUT2D eigenvalue weighted by Crippen LogP contribution is 2.18. The molecule has 104 valence electrons. The van der Waals surface area contributed by atoms with Crippen molar-refractivity contribution in [1.29, 1.82) is 0 Å². The molecule has 20 heavy (non-hydrogen) atoms. The molecule has 0 atom stereocenters. The van der Waals surface area contributed by atoms with Gasteiger partial charge in [-0.15, -0.1) is 0 Å². The molecule has 0 saturated carbocycles. The van der Waals surface area contributed by atoms with Crippen molar-refractivity contribution in [3.8, 4) is 5.75 Å². The molecule has 1 heterocycles. The summed E-state index contributed by atoms with van der Waals surface area (Å²) in [6.07, 6.45) is 0.934. The third kappa shape index (κ3) is 3.96. The number of benzene rings is 1. The third-order valence-corrected chi connectivity index (χ3v) is 2.72. The fraction of sp³-hybridized carbons (Fsp3) is 0.200. The Labute approximate surface area is 122 Å². The number of amides is 1. The molecule has 2 aromatic rings. The average molecular weight is 291 g/mol. The molecular formula is C15H15ClN2O2. The van der Waals surface area contributed by atoms with Gasteiger partial charge in [0.15, 0.2) is 0 Å². The molecule has 0 aliphatic heterocycles. The van der Waals surface area contributed by atoms with E-state index in [1.807, 2.05) is 19.1 Å². The summed E-state index contributed by atoms with van der Waals surface area (Å²) in [5, 5.41) is 3.05. The van der Waals surface area contributed by atoms with Crippen LogP contribution in [0.4, 0.5) is 5.69 Å². The number of nitrogens with zero attached hydrogens (tertiary/aromatic N) is 1. The zero-order valence-corrected chi connectivity index (χ0v) is 11.9. The Morgan fingerprint density at radius 1 is 1.30 bits per heavy atom. The first-order valence-corrected chi connectivity index (χ1v) is 6.73. The summed E-state index contributed by atoms with van der Waals surface area (Å²) < 4.78 is 5.51. The zero-order valence-electron chi connectivity index (χ0n) is 11.1. The van der Waals surface area contributed by atoms with E-state index in [9.17, 15) is 4.79 Å². The molecule has 0 unspecified atom stereocenters. The second-order valence-electron chi connectivity index (χ2n) is 4.18. The summed E-state index contributed by atoms with van der Waals surface area (Å²) in [6, 6.07) is 12.2. The van der Waals surface area contributed by atoms with Crippen molar-refractivity contribution >= 4 is 23.2 Å². The third-order valence-electron chi connectivity index (χ3n) is 2.51. The Morgan fingerprint density at radius 3 is 2.85 bits per heavy atom. The normalized spacial score (nSPS) is 10.1. The fourth-order valence-corrected chi connectivity index (χ4v) is 1.78. The van der Waals surface area contributed by atoms with Gasteiger partial charge in [-0.25, -0.2) is 4.98 Å². The number of pyridine rings is 1. The predicted octanol–water partition coefficient (Wildman–Crippen LogP) is 3.78. The van der Waals surface area contributed by atoms with Crippen LogP contribution in [0.5, 0.6) is 5.75 Å². The van der Waals surface area contributed by atoms with Gasteiger partial charge < -0.3 is 10.1 Å². The minimum atomic E-state index is -0.305. The van der Waals surface area contributed by atoms with Crippen LogP contribution in [0.25, 0.3) is 0 Å². The molecule has 0 fully saturated rings. The van der Waals surface area contributed by atoms with Gasteiger partial charge in [0, 0.05) is 11.8 Å². The molecule has 1 amide bonds. The summed E-state index contributed by atoms with van der Waals surface area (Å²) in [6.45, 7) is 2.68. The lowest BCUT2D eigenvalue weighted by Crippen LogP contribution is -2.13. The molecule has 0 bridgehead atoms. The number of rotatable bonds is 5. The predicted molar refractivity (Wildman–Crippen MR) is 79.4 cm³/mol. The summed E-state index contributed by atoms with van der Waals surface area (Å²) in [4.78, 5) is 16.0. The minimum Gasteiger partial charge on any atom is -0.494 e. The van der Waals surface area contributed by atoms with E-state index in [2.05, 4.69) is 10.3 Å². The van der Waals surface area contributed by atoms with Gasteiger partial charge in [-0.3, -0.25) is 4.79 Å². The molecule has 1 aromatic carbocycles. The molecule has 0 aliphatic carbocycles. The quantitative estimate of drug-likeness (QED) is 0.853. The van der Waals surface area contributed by atoms with Crippen LogP contribution in [-0.4, -0.2) is 17.5 Å². The van der Waals surface area contributed by atoms with E-state index in [1.54, 1.807) is 30.3 Å². The minimum absolute atomic E-state index is 0.275. The Morgan fingerprint density at radius 2 is 2.10 bits per heavy atom. The van der Waals surface area contributed by atoms with E-state index in [0.717, 1.165) is 12.2 Å². The maximum Gasteiger partial charge on any atom is 0.274 e. The fourth-order valence-electron chi connectivity index (χ4n) is 1.61. The molecular weight excluding hydrogens is 276 g/mol. The van der Waals surface area contributed by atoms with Gasteiger partial charge in [-0.2, -0.15) is 0 Å². The van der Waals surface area contributed by atoms with Gasteiger partial charge in [0.2, 0.25) is 0 Å². The number of carbonyl (C=O) groups is 1. The molecule has 0 spiro atoms. The first-order valence-electron chi connectivity index (χ1n) is 6.36. The Bertz CT molecular complexity index is 602. The van der Waals surface area contributed by atoms with Gasteiger partial charge in [0.25, 0.3) is 5.91 Å². The maximum atomic E-state index is 12.0. The molecule has 0 saturated heterocycles. The maximum absolute atomic E-state index is 12.0. The van der Waals surface area contributed by atoms with Crippen LogP contribution in [0.15, 0.2) is 42.5 Å². The highest BCUT2D eigenvalue weighted by molar-refractivity contribution is 6.29. The van der Waals surface area contributed by atoms with Crippen LogP contribution < -0.4 is 10.1 Å². The highest BCUT2D eigenvalue weighted by atomic mass is 35.5. The van der Waals surface area contributed by atoms with Gasteiger partial charge in [-0.05, 0) is 30.7 Å². The lowest BCUT2D eigenvalue weighted by molar-refractivity contribution is 0.102. The Balaban J connectivity index is 2.07. The van der Waals surface area contributed by atoms with E-state index in [1.165, 1.54) is 0 Å². The van der Waals surface area contributed by atoms with Gasteiger partial charge in [-0.1, -0.05) is 30.7 Å². The molecule has 4 nitrogen and oxygen atoms in total. The lowest BCUT2D eigenvalue weighted by Gasteiger charge is -2.08. The van der Waals surface area contributed by atoms with E-state index >= 15 is 0 Å². The number of hydrogen-bond acceptors (Lipinski definition) is 3. The summed E-state index contributed by atoms with van der Waals surface area (Å²) >= 11 is 5.76. The second-order valence-corrected chi connectivity index (χ2v) is 4.56. The first-order chi connectivity index (χ1) is 9.69. The Kier molecular flexibility index (Phi) is 4.96. The van der Waals surface area contributed by atoms with Crippen molar-refractivity contribution in [3.05, 3.63) is 53.3 Å². The average Bonchev–Trinajstić information content (AvgIpc) is 2.45. The highest BCUT2D eigenvalue weighted by Gasteiger charge is 2.08. The number of ether oxygens (including phenoxy) is 1. The number of aromatic nitrogens is 1. The van der Waals surface area contributed by atoms with Crippen molar-refractivity contribution in [3.63, 3.8) is 0 Å². The monoisotopic (exact) mass is 290 g/mol. The SMILES string of the molecule is CCCOc1cccc(NC(=O)c2cccc(Cl)n2)c1. The van der Waals surface area contributed by atoms with Crippen LogP contribution in [0.1, 0.15) is 23.8 Å². The summed E-state index contributed by atoms with van der Waals surface area (Å²) in [5.74, 6) is 0.420. The molecule has 0 aliphatic rings. The van der Waals surface area contributed by atoms with Gasteiger partial charge in [0.05, 0.1) is 6.61 Å². The van der Waals surface area contributed by atoms with E-state index in [4.69, 9.17) is 16.3 Å². The summed E-state index contributed by atoms with van der Waals surface area (Å²) in [5.41, 5.74) is 0.933. The number of anilines is 1. The van der Waals surface area contributed by atoms with E-state index < -0.39 is 0 Å². The van der Waals surface area contributed by atoms with E-state index in [0.29, 0.717) is 12.3 Å². The van der Waals surface area contributed by atoms with Crippen LogP contribution in [0, 0.1) is 0 Å². The smallest absolute Gasteiger partial charge is 0.274 e. The van der Waals surface area contributed by atoms with Crippen LogP contribution >= 0.6 is 11.6 Å². The van der Waals surface area contributed by atoms with Gasteiger partial charge in [0.1, 0.15) is 16.6 Å². The molecule has 1 aromatic heterocycles. The van der Waals surface area contributed by atoms with Crippen molar-refractivity contribution in [2.75, 3.05) is 11.9 Å². The Hall–Kier alpha value is -2.07. The van der Waals surface area contributed by atoms with Crippen molar-refractivity contribution in [2.24, 2.45) is 0 Å². The van der Waals surface area contributed by atoms with Gasteiger partial charge >= 0.3 is 0 Å². The molecule has 5 heteroatoms. The first kappa shape index (κ1) is 14.3. The number of hydrogen-bond donors (Lipinski definition) is 1. The van der Waals surface area contributed by atoms with Crippen molar-refractivity contribution in [1.82, 2.24) is 4.98 Å². The lowest BCUT2D eigenvalue weighted by atomic mass is 10.2. The molecule has 2 rings (SSSR count). The van der Waals surface area contributed by atoms with Crippen molar-refractivity contribution in [2.45, 2.75) is 13.3 Å². The zero-order chi connectivity index (χ0) is 14.4. The van der Waals surface area contributed by atoms with Crippen LogP contribution in [0.2, 0.25) is 5.15 Å². The van der Waals surface area contributed by atoms with Crippen LogP contribution in [-0.2, 0) is 0 Å². The molecule has 1 N–H and O–H groups in total. The standard InChI is InChI=1S/C15H15ClN2O2/c1-2-9-20-12-6-3-5-11(10-12)17-15(19)13-7-4-8-14(16)18-13/h3-8,10H,2,9H2,1H3,(H,17,19). The summed E-state index contributed by atoms with van der Waals surface area (Å²) in [7, 11) is 0. The number of nitrogens with one attached hydrogen (secondary N) is 1. The topological polar surface area (TPSA) is 51.2 Å².